The summed E-state index contributed by atoms with van der Waals surface area (Å²) in [7, 11) is 0. The lowest BCUT2D eigenvalue weighted by atomic mass is 10.0. The zero-order valence-corrected chi connectivity index (χ0v) is 11.1. The number of halogens is 3. The fourth-order valence-electron chi connectivity index (χ4n) is 1.83. The van der Waals surface area contributed by atoms with E-state index in [4.69, 9.17) is 5.73 Å². The molecule has 112 valence electrons. The third-order valence-electron chi connectivity index (χ3n) is 2.89. The monoisotopic (exact) mass is 296 g/mol. The van der Waals surface area contributed by atoms with E-state index in [2.05, 4.69) is 15.3 Å². The SMILES string of the molecule is N[C@H](CNc1cnccn1)Cc1ccc(C(F)(F)F)cc1. The summed E-state index contributed by atoms with van der Waals surface area (Å²) in [5.74, 6) is 0.611. The Bertz CT molecular complexity index is 555. The molecular weight excluding hydrogens is 281 g/mol. The third kappa shape index (κ3) is 4.71. The predicted octanol–water partition coefficient (Wildman–Crippen LogP) is 2.48. The van der Waals surface area contributed by atoms with Gasteiger partial charge >= 0.3 is 6.18 Å². The Morgan fingerprint density at radius 3 is 2.43 bits per heavy atom. The van der Waals surface area contributed by atoms with Gasteiger partial charge in [-0.1, -0.05) is 12.1 Å². The van der Waals surface area contributed by atoms with Gasteiger partial charge in [-0.2, -0.15) is 13.2 Å². The molecule has 0 unspecified atom stereocenters. The maximum atomic E-state index is 12.4. The van der Waals surface area contributed by atoms with Crippen molar-refractivity contribution in [3.63, 3.8) is 0 Å². The minimum Gasteiger partial charge on any atom is -0.367 e. The summed E-state index contributed by atoms with van der Waals surface area (Å²) in [4.78, 5) is 7.95. The van der Waals surface area contributed by atoms with Crippen molar-refractivity contribution < 1.29 is 13.2 Å². The Labute approximate surface area is 120 Å². The van der Waals surface area contributed by atoms with Crippen LogP contribution < -0.4 is 11.1 Å². The Morgan fingerprint density at radius 1 is 1.14 bits per heavy atom. The van der Waals surface area contributed by atoms with Crippen LogP contribution in [0, 0.1) is 0 Å². The number of benzene rings is 1. The van der Waals surface area contributed by atoms with E-state index in [9.17, 15) is 13.2 Å². The van der Waals surface area contributed by atoms with Gasteiger partial charge in [-0.25, -0.2) is 4.98 Å². The van der Waals surface area contributed by atoms with Crippen molar-refractivity contribution in [2.75, 3.05) is 11.9 Å². The first kappa shape index (κ1) is 15.2. The molecule has 0 spiro atoms. The molecule has 0 saturated carbocycles. The van der Waals surface area contributed by atoms with Crippen LogP contribution in [0.4, 0.5) is 19.0 Å². The Kier molecular flexibility index (Phi) is 4.74. The molecule has 1 atom stereocenters. The highest BCUT2D eigenvalue weighted by atomic mass is 19.4. The lowest BCUT2D eigenvalue weighted by Crippen LogP contribution is -2.31. The first-order valence-electron chi connectivity index (χ1n) is 6.37. The lowest BCUT2D eigenvalue weighted by molar-refractivity contribution is -0.137. The largest absolute Gasteiger partial charge is 0.416 e. The number of alkyl halides is 3. The summed E-state index contributed by atoms with van der Waals surface area (Å²) < 4.78 is 37.3. The van der Waals surface area contributed by atoms with Crippen LogP contribution >= 0.6 is 0 Å². The van der Waals surface area contributed by atoms with Crippen molar-refractivity contribution in [2.24, 2.45) is 5.73 Å². The van der Waals surface area contributed by atoms with Crippen LogP contribution in [0.1, 0.15) is 11.1 Å². The highest BCUT2D eigenvalue weighted by Crippen LogP contribution is 2.29. The first-order chi connectivity index (χ1) is 9.95. The molecule has 0 aliphatic rings. The number of rotatable bonds is 5. The van der Waals surface area contributed by atoms with Gasteiger partial charge in [0, 0.05) is 25.0 Å². The first-order valence-corrected chi connectivity index (χ1v) is 6.37. The number of nitrogens with one attached hydrogen (secondary N) is 1. The molecular formula is C14H15F3N4. The second-order valence-electron chi connectivity index (χ2n) is 4.63. The highest BCUT2D eigenvalue weighted by Gasteiger charge is 2.29. The third-order valence-corrected chi connectivity index (χ3v) is 2.89. The number of nitrogens with two attached hydrogens (primary N) is 1. The van der Waals surface area contributed by atoms with Crippen molar-refractivity contribution >= 4 is 5.82 Å². The molecule has 4 nitrogen and oxygen atoms in total. The Balaban J connectivity index is 1.86. The average molecular weight is 296 g/mol. The molecule has 7 heteroatoms. The number of hydrogen-bond acceptors (Lipinski definition) is 4. The van der Waals surface area contributed by atoms with Crippen molar-refractivity contribution in [3.8, 4) is 0 Å². The quantitative estimate of drug-likeness (QED) is 0.889. The van der Waals surface area contributed by atoms with Gasteiger partial charge in [-0.05, 0) is 24.1 Å². The Morgan fingerprint density at radius 2 is 1.86 bits per heavy atom. The fourth-order valence-corrected chi connectivity index (χ4v) is 1.83. The van der Waals surface area contributed by atoms with Gasteiger partial charge < -0.3 is 11.1 Å². The minimum absolute atomic E-state index is 0.233. The lowest BCUT2D eigenvalue weighted by Gasteiger charge is -2.14. The second-order valence-corrected chi connectivity index (χ2v) is 4.63. The van der Waals surface area contributed by atoms with E-state index in [-0.39, 0.29) is 6.04 Å². The normalized spacial score (nSPS) is 13.0. The van der Waals surface area contributed by atoms with E-state index in [1.165, 1.54) is 12.1 Å². The van der Waals surface area contributed by atoms with Gasteiger partial charge in [0.1, 0.15) is 5.82 Å². The van der Waals surface area contributed by atoms with Gasteiger partial charge in [0.25, 0.3) is 0 Å². The smallest absolute Gasteiger partial charge is 0.367 e. The van der Waals surface area contributed by atoms with Gasteiger partial charge in [0.05, 0.1) is 11.8 Å². The molecule has 2 aromatic rings. The maximum absolute atomic E-state index is 12.4. The molecule has 0 bridgehead atoms. The summed E-state index contributed by atoms with van der Waals surface area (Å²) in [6.45, 7) is 0.458. The van der Waals surface area contributed by atoms with Crippen LogP contribution in [0.2, 0.25) is 0 Å². The van der Waals surface area contributed by atoms with Crippen LogP contribution in [0.25, 0.3) is 0 Å². The molecule has 0 aliphatic carbocycles. The van der Waals surface area contributed by atoms with Crippen molar-refractivity contribution in [2.45, 2.75) is 18.6 Å². The van der Waals surface area contributed by atoms with E-state index in [1.807, 2.05) is 0 Å². The summed E-state index contributed by atoms with van der Waals surface area (Å²) in [6.07, 6.45) is 0.863. The van der Waals surface area contributed by atoms with E-state index < -0.39 is 11.7 Å². The maximum Gasteiger partial charge on any atom is 0.416 e. The number of hydrogen-bond donors (Lipinski definition) is 2. The van der Waals surface area contributed by atoms with Crippen molar-refractivity contribution in [1.29, 1.82) is 0 Å². The van der Waals surface area contributed by atoms with E-state index >= 15 is 0 Å². The summed E-state index contributed by atoms with van der Waals surface area (Å²) >= 11 is 0. The molecule has 1 aromatic carbocycles. The van der Waals surface area contributed by atoms with E-state index in [0.717, 1.165) is 17.7 Å². The molecule has 0 amide bonds. The average Bonchev–Trinajstić information content (AvgIpc) is 2.46. The van der Waals surface area contributed by atoms with Gasteiger partial charge in [0.2, 0.25) is 0 Å². The van der Waals surface area contributed by atoms with Crippen LogP contribution in [0.15, 0.2) is 42.9 Å². The molecule has 0 radical (unpaired) electrons. The van der Waals surface area contributed by atoms with Crippen LogP contribution in [0.5, 0.6) is 0 Å². The zero-order valence-electron chi connectivity index (χ0n) is 11.1. The standard InChI is InChI=1S/C14H15F3N4/c15-14(16,17)11-3-1-10(2-4-11)7-12(18)8-21-13-9-19-5-6-20-13/h1-6,9,12H,7-8,18H2,(H,20,21)/t12-/m0/s1. The van der Waals surface area contributed by atoms with Crippen molar-refractivity contribution in [1.82, 2.24) is 9.97 Å². The molecule has 3 N–H and O–H groups in total. The molecule has 21 heavy (non-hydrogen) atoms. The highest BCUT2D eigenvalue weighted by molar-refractivity contribution is 5.30. The van der Waals surface area contributed by atoms with Crippen LogP contribution in [-0.2, 0) is 12.6 Å². The Hall–Kier alpha value is -2.15. The van der Waals surface area contributed by atoms with Gasteiger partial charge in [-0.3, -0.25) is 4.98 Å². The van der Waals surface area contributed by atoms with Crippen LogP contribution in [-0.4, -0.2) is 22.6 Å². The summed E-state index contributed by atoms with van der Waals surface area (Å²) in [6, 6.07) is 4.80. The number of aromatic nitrogens is 2. The molecule has 0 fully saturated rings. The topological polar surface area (TPSA) is 63.8 Å². The number of anilines is 1. The summed E-state index contributed by atoms with van der Waals surface area (Å²) in [5.41, 5.74) is 6.05. The fraction of sp³-hybridized carbons (Fsp3) is 0.286. The molecule has 0 aliphatic heterocycles. The van der Waals surface area contributed by atoms with Gasteiger partial charge in [0.15, 0.2) is 0 Å². The zero-order chi connectivity index (χ0) is 15.3. The molecule has 1 heterocycles. The van der Waals surface area contributed by atoms with Crippen LogP contribution in [0.3, 0.4) is 0 Å². The van der Waals surface area contributed by atoms with Crippen molar-refractivity contribution in [3.05, 3.63) is 54.0 Å². The second kappa shape index (κ2) is 6.53. The minimum atomic E-state index is -4.31. The summed E-state index contributed by atoms with van der Waals surface area (Å²) in [5, 5.41) is 3.02. The van der Waals surface area contributed by atoms with Gasteiger partial charge in [-0.15, -0.1) is 0 Å². The van der Waals surface area contributed by atoms with E-state index in [1.54, 1.807) is 18.6 Å². The molecule has 0 saturated heterocycles. The van der Waals surface area contributed by atoms with E-state index in [0.29, 0.717) is 18.8 Å². The number of nitrogens with zero attached hydrogens (tertiary/aromatic N) is 2. The predicted molar refractivity (Wildman–Crippen MR) is 73.6 cm³/mol. The molecule has 2 rings (SSSR count). The molecule has 1 aromatic heterocycles.